The molecule has 0 radical (unpaired) electrons. The van der Waals surface area contributed by atoms with Gasteiger partial charge in [0.15, 0.2) is 6.61 Å². The predicted molar refractivity (Wildman–Crippen MR) is 101 cm³/mol. The summed E-state index contributed by atoms with van der Waals surface area (Å²) in [5, 5.41) is 5.76. The van der Waals surface area contributed by atoms with E-state index >= 15 is 0 Å². The Balaban J connectivity index is 1.92. The Morgan fingerprint density at radius 3 is 2.76 bits per heavy atom. The molecule has 1 amide bonds. The highest BCUT2D eigenvalue weighted by Crippen LogP contribution is 2.27. The van der Waals surface area contributed by atoms with E-state index in [0.717, 1.165) is 15.6 Å². The molecule has 1 heterocycles. The smallest absolute Gasteiger partial charge is 0.339 e. The number of amides is 1. The average molecular weight is 379 g/mol. The van der Waals surface area contributed by atoms with Gasteiger partial charge in [-0.05, 0) is 25.0 Å². The lowest BCUT2D eigenvalue weighted by Crippen LogP contribution is -2.31. The molecule has 2 aromatic rings. The van der Waals surface area contributed by atoms with E-state index in [9.17, 15) is 9.59 Å². The van der Waals surface area contributed by atoms with Gasteiger partial charge < -0.3 is 10.1 Å². The number of benzene rings is 1. The molecule has 0 bridgehead atoms. The monoisotopic (exact) mass is 378 g/mol. The summed E-state index contributed by atoms with van der Waals surface area (Å²) in [6.45, 7) is 6.27. The number of carbonyl (C=O) groups is 2. The normalized spacial score (nSPS) is 10.7. The van der Waals surface area contributed by atoms with E-state index in [-0.39, 0.29) is 12.5 Å². The van der Waals surface area contributed by atoms with Gasteiger partial charge in [0.1, 0.15) is 0 Å². The topological polar surface area (TPSA) is 68.3 Å². The summed E-state index contributed by atoms with van der Waals surface area (Å²) in [4.78, 5) is 29.2. The Labute approximate surface area is 156 Å². The van der Waals surface area contributed by atoms with Gasteiger partial charge in [-0.15, -0.1) is 23.1 Å². The maximum atomic E-state index is 12.3. The minimum Gasteiger partial charge on any atom is -0.452 e. The van der Waals surface area contributed by atoms with Crippen LogP contribution in [0.4, 0.5) is 0 Å². The van der Waals surface area contributed by atoms with Crippen LogP contribution in [0.5, 0.6) is 0 Å². The van der Waals surface area contributed by atoms with E-state index in [1.54, 1.807) is 23.5 Å². The van der Waals surface area contributed by atoms with Gasteiger partial charge in [0.2, 0.25) is 0 Å². The van der Waals surface area contributed by atoms with Crippen molar-refractivity contribution in [3.05, 3.63) is 45.9 Å². The molecule has 134 valence electrons. The Kier molecular flexibility index (Phi) is 7.46. The lowest BCUT2D eigenvalue weighted by molar-refractivity contribution is -0.124. The zero-order valence-corrected chi connectivity index (χ0v) is 16.2. The molecular weight excluding hydrogens is 356 g/mol. The summed E-state index contributed by atoms with van der Waals surface area (Å²) in [7, 11) is 0. The SMILES string of the molecule is Cc1nc(CSc2ccccc2C(=O)OCC(=O)NCC(C)C)cs1. The van der Waals surface area contributed by atoms with Gasteiger partial charge in [-0.3, -0.25) is 4.79 Å². The fraction of sp³-hybridized carbons (Fsp3) is 0.389. The first kappa shape index (κ1) is 19.5. The summed E-state index contributed by atoms with van der Waals surface area (Å²) in [6, 6.07) is 7.25. The fourth-order valence-corrected chi connectivity index (χ4v) is 3.62. The van der Waals surface area contributed by atoms with Gasteiger partial charge in [0.05, 0.1) is 16.3 Å². The lowest BCUT2D eigenvalue weighted by Gasteiger charge is -2.10. The maximum absolute atomic E-state index is 12.3. The summed E-state index contributed by atoms with van der Waals surface area (Å²) < 4.78 is 5.14. The van der Waals surface area contributed by atoms with Crippen LogP contribution < -0.4 is 5.32 Å². The molecule has 0 unspecified atom stereocenters. The minimum absolute atomic E-state index is 0.268. The van der Waals surface area contributed by atoms with Gasteiger partial charge in [-0.1, -0.05) is 26.0 Å². The number of ether oxygens (including phenoxy) is 1. The quantitative estimate of drug-likeness (QED) is 0.561. The molecule has 0 aliphatic rings. The number of aryl methyl sites for hydroxylation is 1. The molecule has 0 atom stereocenters. The molecular formula is C18H22N2O3S2. The van der Waals surface area contributed by atoms with E-state index in [4.69, 9.17) is 4.74 Å². The third kappa shape index (κ3) is 6.51. The number of thioether (sulfide) groups is 1. The van der Waals surface area contributed by atoms with Crippen LogP contribution in [0.1, 0.15) is 34.9 Å². The van der Waals surface area contributed by atoms with Gasteiger partial charge >= 0.3 is 5.97 Å². The molecule has 0 saturated heterocycles. The van der Waals surface area contributed by atoms with Crippen molar-refractivity contribution in [2.24, 2.45) is 5.92 Å². The number of esters is 1. The molecule has 1 N–H and O–H groups in total. The van der Waals surface area contributed by atoms with Gasteiger partial charge in [0, 0.05) is 22.6 Å². The second-order valence-corrected chi connectivity index (χ2v) is 8.00. The number of nitrogens with zero attached hydrogens (tertiary/aromatic N) is 1. The third-order valence-corrected chi connectivity index (χ3v) is 5.12. The standard InChI is InChI=1S/C18H22N2O3S2/c1-12(2)8-19-17(21)9-23-18(22)15-6-4-5-7-16(15)25-11-14-10-24-13(3)20-14/h4-7,10,12H,8-9,11H2,1-3H3,(H,19,21). The molecule has 7 heteroatoms. The number of thiazole rings is 1. The van der Waals surface area contributed by atoms with Crippen LogP contribution in [0, 0.1) is 12.8 Å². The molecule has 0 spiro atoms. The van der Waals surface area contributed by atoms with Crippen LogP contribution in [0.25, 0.3) is 0 Å². The minimum atomic E-state index is -0.489. The van der Waals surface area contributed by atoms with Crippen molar-refractivity contribution in [3.63, 3.8) is 0 Å². The van der Waals surface area contributed by atoms with Gasteiger partial charge in [0.25, 0.3) is 5.91 Å². The number of aromatic nitrogens is 1. The number of hydrogen-bond acceptors (Lipinski definition) is 6. The number of rotatable bonds is 8. The third-order valence-electron chi connectivity index (χ3n) is 3.19. The summed E-state index contributed by atoms with van der Waals surface area (Å²) in [5.74, 6) is 0.261. The number of carbonyl (C=O) groups excluding carboxylic acids is 2. The molecule has 2 rings (SSSR count). The number of hydrogen-bond donors (Lipinski definition) is 1. The molecule has 1 aromatic carbocycles. The Morgan fingerprint density at radius 1 is 1.32 bits per heavy atom. The first-order valence-corrected chi connectivity index (χ1v) is 9.89. The van der Waals surface area contributed by atoms with Gasteiger partial charge in [-0.25, -0.2) is 9.78 Å². The number of nitrogens with one attached hydrogen (secondary N) is 1. The van der Waals surface area contributed by atoms with Crippen LogP contribution in [-0.4, -0.2) is 30.0 Å². The largest absolute Gasteiger partial charge is 0.452 e. The van der Waals surface area contributed by atoms with Crippen molar-refractivity contribution < 1.29 is 14.3 Å². The van der Waals surface area contributed by atoms with Crippen molar-refractivity contribution in [1.29, 1.82) is 0 Å². The lowest BCUT2D eigenvalue weighted by atomic mass is 10.2. The van der Waals surface area contributed by atoms with E-state index in [1.807, 2.05) is 38.3 Å². The van der Waals surface area contributed by atoms with Crippen LogP contribution in [0.15, 0.2) is 34.5 Å². The molecule has 25 heavy (non-hydrogen) atoms. The van der Waals surface area contributed by atoms with E-state index in [1.165, 1.54) is 11.8 Å². The summed E-state index contributed by atoms with van der Waals surface area (Å²) in [5.41, 5.74) is 1.46. The summed E-state index contributed by atoms with van der Waals surface area (Å²) in [6.07, 6.45) is 0. The van der Waals surface area contributed by atoms with E-state index in [2.05, 4.69) is 10.3 Å². The zero-order chi connectivity index (χ0) is 18.2. The zero-order valence-electron chi connectivity index (χ0n) is 14.6. The van der Waals surface area contributed by atoms with Crippen LogP contribution in [0.2, 0.25) is 0 Å². The van der Waals surface area contributed by atoms with Crippen molar-refractivity contribution in [2.45, 2.75) is 31.4 Å². The highest BCUT2D eigenvalue weighted by molar-refractivity contribution is 7.98. The molecule has 0 saturated carbocycles. The predicted octanol–water partition coefficient (Wildman–Crippen LogP) is 3.67. The highest BCUT2D eigenvalue weighted by Gasteiger charge is 2.15. The van der Waals surface area contributed by atoms with Crippen molar-refractivity contribution in [2.75, 3.05) is 13.2 Å². The summed E-state index contributed by atoms with van der Waals surface area (Å²) >= 11 is 3.14. The second kappa shape index (κ2) is 9.58. The Hall–Kier alpha value is -1.86. The molecule has 0 aliphatic carbocycles. The van der Waals surface area contributed by atoms with E-state index in [0.29, 0.717) is 23.8 Å². The van der Waals surface area contributed by atoms with Crippen molar-refractivity contribution >= 4 is 35.0 Å². The maximum Gasteiger partial charge on any atom is 0.339 e. The first-order chi connectivity index (χ1) is 12.0. The Morgan fingerprint density at radius 2 is 2.08 bits per heavy atom. The van der Waals surface area contributed by atoms with Crippen LogP contribution in [-0.2, 0) is 15.3 Å². The van der Waals surface area contributed by atoms with Crippen LogP contribution in [0.3, 0.4) is 0 Å². The van der Waals surface area contributed by atoms with Crippen LogP contribution >= 0.6 is 23.1 Å². The average Bonchev–Trinajstić information content (AvgIpc) is 3.01. The molecule has 5 nitrogen and oxygen atoms in total. The van der Waals surface area contributed by atoms with E-state index < -0.39 is 5.97 Å². The molecule has 1 aromatic heterocycles. The molecule has 0 fully saturated rings. The second-order valence-electron chi connectivity index (χ2n) is 5.92. The van der Waals surface area contributed by atoms with Crippen molar-refractivity contribution in [1.82, 2.24) is 10.3 Å². The highest BCUT2D eigenvalue weighted by atomic mass is 32.2. The van der Waals surface area contributed by atoms with Gasteiger partial charge in [-0.2, -0.15) is 0 Å². The fourth-order valence-electron chi connectivity index (χ4n) is 1.97. The Bertz CT molecular complexity index is 729. The van der Waals surface area contributed by atoms with Crippen molar-refractivity contribution in [3.8, 4) is 0 Å². The molecule has 0 aliphatic heterocycles. The first-order valence-electron chi connectivity index (χ1n) is 8.02.